The Kier molecular flexibility index (Phi) is 3.79. The molecule has 2 rings (SSSR count). The van der Waals surface area contributed by atoms with E-state index < -0.39 is 0 Å². The summed E-state index contributed by atoms with van der Waals surface area (Å²) in [5.41, 5.74) is 5.48. The van der Waals surface area contributed by atoms with Crippen LogP contribution in [0, 0.1) is 5.92 Å². The summed E-state index contributed by atoms with van der Waals surface area (Å²) in [5.74, 6) is 1.77. The van der Waals surface area contributed by atoms with E-state index in [9.17, 15) is 0 Å². The quantitative estimate of drug-likeness (QED) is 0.514. The van der Waals surface area contributed by atoms with E-state index in [4.69, 9.17) is 17.3 Å². The highest BCUT2D eigenvalue weighted by Gasteiger charge is 2.19. The molecule has 1 aliphatic carbocycles. The van der Waals surface area contributed by atoms with E-state index in [2.05, 4.69) is 20.6 Å². The highest BCUT2D eigenvalue weighted by atomic mass is 35.5. The number of halogens is 1. The lowest BCUT2D eigenvalue weighted by Gasteiger charge is -2.07. The van der Waals surface area contributed by atoms with Crippen LogP contribution in [-0.4, -0.2) is 29.6 Å². The van der Waals surface area contributed by atoms with E-state index >= 15 is 0 Å². The third-order valence-corrected chi connectivity index (χ3v) is 2.64. The van der Waals surface area contributed by atoms with E-state index in [1.54, 1.807) is 6.07 Å². The number of hydrogen-bond acceptors (Lipinski definition) is 5. The van der Waals surface area contributed by atoms with Crippen LogP contribution in [0.2, 0.25) is 5.15 Å². The molecule has 1 aromatic heterocycles. The number of nitrogens with two attached hydrogens (primary N) is 1. The molecule has 88 valence electrons. The van der Waals surface area contributed by atoms with Crippen molar-refractivity contribution in [3.63, 3.8) is 0 Å². The Morgan fingerprint density at radius 1 is 1.38 bits per heavy atom. The van der Waals surface area contributed by atoms with Crippen LogP contribution in [0.3, 0.4) is 0 Å². The van der Waals surface area contributed by atoms with Crippen molar-refractivity contribution in [3.8, 4) is 0 Å². The van der Waals surface area contributed by atoms with Crippen LogP contribution in [0.5, 0.6) is 0 Å². The summed E-state index contributed by atoms with van der Waals surface area (Å²) >= 11 is 5.75. The Labute approximate surface area is 99.8 Å². The lowest BCUT2D eigenvalue weighted by molar-refractivity contribution is 0.650. The predicted octanol–water partition coefficient (Wildman–Crippen LogP) is 1.12. The second kappa shape index (κ2) is 5.32. The molecule has 1 fully saturated rings. The van der Waals surface area contributed by atoms with Gasteiger partial charge in [-0.05, 0) is 25.3 Å². The van der Waals surface area contributed by atoms with Gasteiger partial charge in [0.05, 0.1) is 0 Å². The molecule has 1 aliphatic rings. The number of anilines is 2. The second-order valence-corrected chi connectivity index (χ2v) is 4.40. The number of rotatable bonds is 6. The van der Waals surface area contributed by atoms with Crippen LogP contribution in [0.25, 0.3) is 0 Å². The van der Waals surface area contributed by atoms with Crippen LogP contribution < -0.4 is 16.4 Å². The smallest absolute Gasteiger partial charge is 0.223 e. The van der Waals surface area contributed by atoms with Crippen LogP contribution >= 0.6 is 11.6 Å². The largest absolute Gasteiger partial charge is 0.369 e. The van der Waals surface area contributed by atoms with Gasteiger partial charge < -0.3 is 16.4 Å². The number of hydrogen-bond donors (Lipinski definition) is 3. The highest BCUT2D eigenvalue weighted by molar-refractivity contribution is 6.29. The summed E-state index contributed by atoms with van der Waals surface area (Å²) in [6, 6.07) is 1.67. The average Bonchev–Trinajstić information content (AvgIpc) is 2.99. The first kappa shape index (κ1) is 11.4. The van der Waals surface area contributed by atoms with Crippen LogP contribution in [0.15, 0.2) is 6.07 Å². The molecule has 0 atom stereocenters. The molecule has 0 aliphatic heterocycles. The maximum absolute atomic E-state index is 5.75. The average molecular weight is 242 g/mol. The summed E-state index contributed by atoms with van der Waals surface area (Å²) in [6.45, 7) is 2.84. The molecule has 0 unspecified atom stereocenters. The lowest BCUT2D eigenvalue weighted by Crippen LogP contribution is -2.24. The third-order valence-electron chi connectivity index (χ3n) is 2.45. The van der Waals surface area contributed by atoms with E-state index in [1.807, 2.05) is 0 Å². The van der Waals surface area contributed by atoms with Crippen molar-refractivity contribution in [3.05, 3.63) is 11.2 Å². The molecule has 0 amide bonds. The van der Waals surface area contributed by atoms with Gasteiger partial charge >= 0.3 is 0 Å². The van der Waals surface area contributed by atoms with Gasteiger partial charge in [-0.15, -0.1) is 0 Å². The first-order chi connectivity index (χ1) is 7.74. The molecule has 1 aromatic rings. The summed E-state index contributed by atoms with van der Waals surface area (Å²) in [6.07, 6.45) is 2.75. The summed E-state index contributed by atoms with van der Waals surface area (Å²) in [5, 5.41) is 6.88. The zero-order chi connectivity index (χ0) is 11.4. The maximum Gasteiger partial charge on any atom is 0.223 e. The molecule has 6 heteroatoms. The Morgan fingerprint density at radius 2 is 2.19 bits per heavy atom. The monoisotopic (exact) mass is 241 g/mol. The standard InChI is InChI=1S/C10H16ClN5/c11-8-5-9(16-10(12)15-8)14-4-3-13-6-7-1-2-7/h5,7,13H,1-4,6H2,(H3,12,14,15,16). The molecule has 4 N–H and O–H groups in total. The van der Waals surface area contributed by atoms with Crippen molar-refractivity contribution in [1.82, 2.24) is 15.3 Å². The number of nitrogen functional groups attached to an aromatic ring is 1. The van der Waals surface area contributed by atoms with Gasteiger partial charge in [0.1, 0.15) is 11.0 Å². The van der Waals surface area contributed by atoms with E-state index in [0.29, 0.717) is 11.0 Å². The molecule has 1 heterocycles. The predicted molar refractivity (Wildman–Crippen MR) is 65.5 cm³/mol. The van der Waals surface area contributed by atoms with Gasteiger partial charge in [0.2, 0.25) is 5.95 Å². The van der Waals surface area contributed by atoms with Crippen molar-refractivity contribution in [2.45, 2.75) is 12.8 Å². The van der Waals surface area contributed by atoms with Crippen LogP contribution in [0.4, 0.5) is 11.8 Å². The summed E-state index contributed by atoms with van der Waals surface area (Å²) < 4.78 is 0. The first-order valence-corrected chi connectivity index (χ1v) is 5.86. The molecule has 5 nitrogen and oxygen atoms in total. The normalized spacial score (nSPS) is 15.1. The van der Waals surface area contributed by atoms with Gasteiger partial charge in [-0.2, -0.15) is 4.98 Å². The molecule has 1 saturated carbocycles. The second-order valence-electron chi connectivity index (χ2n) is 4.01. The first-order valence-electron chi connectivity index (χ1n) is 5.48. The SMILES string of the molecule is Nc1nc(Cl)cc(NCCNCC2CC2)n1. The minimum Gasteiger partial charge on any atom is -0.369 e. The topological polar surface area (TPSA) is 75.9 Å². The van der Waals surface area contributed by atoms with Gasteiger partial charge in [0, 0.05) is 19.2 Å². The number of aromatic nitrogens is 2. The van der Waals surface area contributed by atoms with Gasteiger partial charge in [-0.25, -0.2) is 4.98 Å². The minimum absolute atomic E-state index is 0.195. The van der Waals surface area contributed by atoms with Gasteiger partial charge in [-0.1, -0.05) is 11.6 Å². The van der Waals surface area contributed by atoms with Gasteiger partial charge in [-0.3, -0.25) is 0 Å². The molecule has 0 bridgehead atoms. The van der Waals surface area contributed by atoms with Crippen molar-refractivity contribution >= 4 is 23.4 Å². The van der Waals surface area contributed by atoms with Crippen molar-refractivity contribution in [2.75, 3.05) is 30.7 Å². The van der Waals surface area contributed by atoms with Crippen molar-refractivity contribution in [2.24, 2.45) is 5.92 Å². The van der Waals surface area contributed by atoms with Crippen molar-refractivity contribution < 1.29 is 0 Å². The zero-order valence-corrected chi connectivity index (χ0v) is 9.80. The molecule has 16 heavy (non-hydrogen) atoms. The number of nitrogens with zero attached hydrogens (tertiary/aromatic N) is 2. The third kappa shape index (κ3) is 3.83. The molecule has 0 spiro atoms. The molecule has 0 radical (unpaired) electrons. The Morgan fingerprint density at radius 3 is 2.88 bits per heavy atom. The van der Waals surface area contributed by atoms with E-state index in [-0.39, 0.29) is 5.95 Å². The maximum atomic E-state index is 5.75. The van der Waals surface area contributed by atoms with Crippen LogP contribution in [-0.2, 0) is 0 Å². The number of nitrogens with one attached hydrogen (secondary N) is 2. The fourth-order valence-electron chi connectivity index (χ4n) is 1.43. The Balaban J connectivity index is 1.67. The van der Waals surface area contributed by atoms with Crippen LogP contribution in [0.1, 0.15) is 12.8 Å². The summed E-state index contributed by atoms with van der Waals surface area (Å²) in [4.78, 5) is 7.81. The fraction of sp³-hybridized carbons (Fsp3) is 0.600. The van der Waals surface area contributed by atoms with Crippen molar-refractivity contribution in [1.29, 1.82) is 0 Å². The minimum atomic E-state index is 0.195. The Hall–Kier alpha value is -1.07. The van der Waals surface area contributed by atoms with Gasteiger partial charge in [0.25, 0.3) is 0 Å². The highest BCUT2D eigenvalue weighted by Crippen LogP contribution is 2.27. The molecule has 0 aromatic carbocycles. The van der Waals surface area contributed by atoms with E-state index in [1.165, 1.54) is 12.8 Å². The fourth-order valence-corrected chi connectivity index (χ4v) is 1.62. The molecule has 0 saturated heterocycles. The Bertz CT molecular complexity index is 333. The molecular formula is C10H16ClN5. The molecular weight excluding hydrogens is 226 g/mol. The lowest BCUT2D eigenvalue weighted by atomic mass is 10.4. The van der Waals surface area contributed by atoms with Gasteiger partial charge in [0.15, 0.2) is 0 Å². The summed E-state index contributed by atoms with van der Waals surface area (Å²) in [7, 11) is 0. The van der Waals surface area contributed by atoms with E-state index in [0.717, 1.165) is 25.6 Å². The zero-order valence-electron chi connectivity index (χ0n) is 9.04.